The van der Waals surface area contributed by atoms with E-state index in [4.69, 9.17) is 14.5 Å². The second kappa shape index (κ2) is 15.6. The number of nitrogens with zero attached hydrogens (tertiary/aromatic N) is 5. The minimum absolute atomic E-state index is 0.000348. The number of allylic oxidation sites excluding steroid dienone is 6. The fraction of sp³-hybridized carbons (Fsp3) is 0.412. The quantitative estimate of drug-likeness (QED) is 0.334. The number of alkyl halides is 3. The first kappa shape index (κ1) is 33.4. The highest BCUT2D eigenvalue weighted by Crippen LogP contribution is 2.30. The van der Waals surface area contributed by atoms with Gasteiger partial charge in [0, 0.05) is 57.2 Å². The van der Waals surface area contributed by atoms with Gasteiger partial charge in [0.2, 0.25) is 0 Å². The number of ether oxygens (including phenoxy) is 2. The van der Waals surface area contributed by atoms with Crippen LogP contribution in [0.4, 0.5) is 23.8 Å². The first-order valence-corrected chi connectivity index (χ1v) is 16.1. The Labute approximate surface area is 276 Å². The molecule has 0 bridgehead atoms. The van der Waals surface area contributed by atoms with Gasteiger partial charge in [-0.05, 0) is 42.9 Å². The molecule has 2 aromatic rings. The van der Waals surface area contributed by atoms with Crippen molar-refractivity contribution in [2.45, 2.75) is 37.6 Å². The van der Waals surface area contributed by atoms with Gasteiger partial charge in [-0.2, -0.15) is 13.2 Å². The Balaban J connectivity index is 1.10. The average Bonchev–Trinajstić information content (AvgIpc) is 3.26. The number of halogens is 3. The number of amides is 2. The standard InChI is InChI=1S/C34H39F3N8O3/c35-34(36,37)26-6-2-8-30(48-19-16-44-14-17-47-18-15-44)28(21-26)43-33(46)41-27-7-1-5-25(20-27)29-23-45-13-12-39-32(45)31(42-29)40-22-24-4-3-10-38-11-9-24/h1-2,5-13,21,23-24,27,30H,3-4,14-20,22H2,(H,40,42)(H2,41,43,46). The maximum absolute atomic E-state index is 13.7. The predicted molar refractivity (Wildman–Crippen MR) is 177 cm³/mol. The van der Waals surface area contributed by atoms with Crippen LogP contribution in [0, 0.1) is 5.92 Å². The largest absolute Gasteiger partial charge is 0.416 e. The molecule has 1 saturated heterocycles. The van der Waals surface area contributed by atoms with Gasteiger partial charge >= 0.3 is 12.2 Å². The molecule has 3 N–H and O–H groups in total. The second-order valence-electron chi connectivity index (χ2n) is 11.9. The van der Waals surface area contributed by atoms with E-state index in [9.17, 15) is 18.0 Å². The SMILES string of the molecule is O=C(NC1=CC(C(F)(F)F)=CC=CC1OCCN1CCOCC1)NC1C=CC=C(c2cn3ccnc3c(NCC3C=CN=CCC3)n2)C1. The minimum Gasteiger partial charge on any atom is -0.379 e. The molecule has 254 valence electrons. The van der Waals surface area contributed by atoms with E-state index in [1.54, 1.807) is 6.20 Å². The van der Waals surface area contributed by atoms with E-state index in [-0.39, 0.29) is 12.3 Å². The van der Waals surface area contributed by atoms with Crippen LogP contribution >= 0.6 is 0 Å². The van der Waals surface area contributed by atoms with Crippen LogP contribution in [-0.4, -0.2) is 95.8 Å². The number of aromatic nitrogens is 3. The van der Waals surface area contributed by atoms with Crippen LogP contribution in [0.1, 0.15) is 25.0 Å². The van der Waals surface area contributed by atoms with Crippen LogP contribution in [0.5, 0.6) is 0 Å². The normalized spacial score (nSPS) is 23.2. The zero-order valence-corrected chi connectivity index (χ0v) is 26.4. The third-order valence-electron chi connectivity index (χ3n) is 8.42. The van der Waals surface area contributed by atoms with Gasteiger partial charge in [0.15, 0.2) is 11.5 Å². The number of imidazole rings is 1. The van der Waals surface area contributed by atoms with Crippen LogP contribution in [0.2, 0.25) is 0 Å². The maximum atomic E-state index is 13.7. The van der Waals surface area contributed by atoms with Crippen molar-refractivity contribution in [3.63, 3.8) is 0 Å². The molecule has 14 heteroatoms. The highest BCUT2D eigenvalue weighted by Gasteiger charge is 2.34. The summed E-state index contributed by atoms with van der Waals surface area (Å²) < 4.78 is 54.4. The number of nitrogens with one attached hydrogen (secondary N) is 3. The van der Waals surface area contributed by atoms with E-state index in [0.717, 1.165) is 43.7 Å². The summed E-state index contributed by atoms with van der Waals surface area (Å²) in [6.45, 7) is 4.32. The van der Waals surface area contributed by atoms with Crippen LogP contribution in [0.25, 0.3) is 11.2 Å². The molecule has 0 aromatic carbocycles. The zero-order valence-electron chi connectivity index (χ0n) is 26.4. The van der Waals surface area contributed by atoms with Gasteiger partial charge in [0.25, 0.3) is 0 Å². The number of morpholine rings is 1. The molecule has 0 saturated carbocycles. The third-order valence-corrected chi connectivity index (χ3v) is 8.42. The number of rotatable bonds is 10. The molecule has 0 spiro atoms. The summed E-state index contributed by atoms with van der Waals surface area (Å²) in [4.78, 5) is 29.0. The topological polar surface area (TPSA) is 117 Å². The Morgan fingerprint density at radius 1 is 1.12 bits per heavy atom. The van der Waals surface area contributed by atoms with Crippen molar-refractivity contribution in [1.29, 1.82) is 0 Å². The lowest BCUT2D eigenvalue weighted by Crippen LogP contribution is -2.44. The molecule has 0 radical (unpaired) electrons. The van der Waals surface area contributed by atoms with Gasteiger partial charge in [0.1, 0.15) is 6.10 Å². The van der Waals surface area contributed by atoms with E-state index in [1.807, 2.05) is 47.4 Å². The lowest BCUT2D eigenvalue weighted by Gasteiger charge is -2.27. The fourth-order valence-corrected chi connectivity index (χ4v) is 5.82. The molecule has 1 fully saturated rings. The molecule has 4 aliphatic rings. The number of fused-ring (bicyclic) bond motifs is 1. The smallest absolute Gasteiger partial charge is 0.379 e. The number of aliphatic imine (C=N–C) groups is 1. The van der Waals surface area contributed by atoms with Crippen molar-refractivity contribution in [3.8, 4) is 0 Å². The van der Waals surface area contributed by atoms with E-state index < -0.39 is 29.9 Å². The van der Waals surface area contributed by atoms with E-state index in [0.29, 0.717) is 55.8 Å². The van der Waals surface area contributed by atoms with Crippen LogP contribution < -0.4 is 16.0 Å². The van der Waals surface area contributed by atoms with Crippen molar-refractivity contribution < 1.29 is 27.4 Å². The summed E-state index contributed by atoms with van der Waals surface area (Å²) >= 11 is 0. The van der Waals surface area contributed by atoms with E-state index in [1.165, 1.54) is 12.2 Å². The van der Waals surface area contributed by atoms with Crippen molar-refractivity contribution in [2.75, 3.05) is 51.3 Å². The highest BCUT2D eigenvalue weighted by molar-refractivity contribution is 5.78. The predicted octanol–water partition coefficient (Wildman–Crippen LogP) is 4.81. The summed E-state index contributed by atoms with van der Waals surface area (Å²) in [6, 6.07) is -1.07. The first-order valence-electron chi connectivity index (χ1n) is 16.1. The number of carbonyl (C=O) groups excluding carboxylic acids is 1. The number of hydrogen-bond acceptors (Lipinski definition) is 8. The van der Waals surface area contributed by atoms with Crippen molar-refractivity contribution in [1.82, 2.24) is 29.9 Å². The minimum atomic E-state index is -4.60. The number of urea groups is 1. The van der Waals surface area contributed by atoms with Crippen LogP contribution in [0.3, 0.4) is 0 Å². The van der Waals surface area contributed by atoms with Gasteiger partial charge in [-0.25, -0.2) is 14.8 Å². The number of anilines is 1. The summed E-state index contributed by atoms with van der Waals surface area (Å²) in [5, 5.41) is 8.98. The van der Waals surface area contributed by atoms with Crippen molar-refractivity contribution >= 4 is 29.3 Å². The molecular weight excluding hydrogens is 625 g/mol. The Morgan fingerprint density at radius 3 is 2.83 bits per heavy atom. The Bertz CT molecular complexity index is 1670. The van der Waals surface area contributed by atoms with Gasteiger partial charge in [-0.15, -0.1) is 0 Å². The lowest BCUT2D eigenvalue weighted by molar-refractivity contribution is -0.0883. The molecule has 4 heterocycles. The molecule has 2 aliphatic heterocycles. The van der Waals surface area contributed by atoms with Gasteiger partial charge < -0.3 is 29.8 Å². The number of hydrogen-bond donors (Lipinski definition) is 3. The Kier molecular flexibility index (Phi) is 10.8. The molecule has 2 amide bonds. The van der Waals surface area contributed by atoms with Crippen molar-refractivity contribution in [3.05, 3.63) is 90.4 Å². The maximum Gasteiger partial charge on any atom is 0.416 e. The number of carbonyl (C=O) groups is 1. The van der Waals surface area contributed by atoms with Crippen molar-refractivity contribution in [2.24, 2.45) is 10.9 Å². The Morgan fingerprint density at radius 2 is 1.98 bits per heavy atom. The summed E-state index contributed by atoms with van der Waals surface area (Å²) in [6.07, 6.45) is 18.4. The molecule has 2 aromatic heterocycles. The van der Waals surface area contributed by atoms with Crippen LogP contribution in [-0.2, 0) is 9.47 Å². The zero-order chi connectivity index (χ0) is 33.3. The van der Waals surface area contributed by atoms with E-state index >= 15 is 0 Å². The molecule has 6 rings (SSSR count). The summed E-state index contributed by atoms with van der Waals surface area (Å²) in [7, 11) is 0. The molecule has 11 nitrogen and oxygen atoms in total. The summed E-state index contributed by atoms with van der Waals surface area (Å²) in [5.41, 5.74) is 1.41. The fourth-order valence-electron chi connectivity index (χ4n) is 5.82. The van der Waals surface area contributed by atoms with E-state index in [2.05, 4.69) is 36.9 Å². The van der Waals surface area contributed by atoms with Gasteiger partial charge in [0.05, 0.1) is 42.8 Å². The average molecular weight is 665 g/mol. The van der Waals surface area contributed by atoms with Gasteiger partial charge in [-0.3, -0.25) is 9.89 Å². The first-order chi connectivity index (χ1) is 23.3. The van der Waals surface area contributed by atoms with Gasteiger partial charge in [-0.1, -0.05) is 36.5 Å². The molecular formula is C34H39F3N8O3. The highest BCUT2D eigenvalue weighted by atomic mass is 19.4. The molecule has 48 heavy (non-hydrogen) atoms. The van der Waals surface area contributed by atoms with Crippen LogP contribution in [0.15, 0.2) is 89.7 Å². The lowest BCUT2D eigenvalue weighted by atomic mass is 9.98. The third kappa shape index (κ3) is 8.88. The molecule has 3 atom stereocenters. The Hall–Kier alpha value is -4.53. The summed E-state index contributed by atoms with van der Waals surface area (Å²) in [5.74, 6) is 0.948. The monoisotopic (exact) mass is 664 g/mol. The second-order valence-corrected chi connectivity index (χ2v) is 11.9. The molecule has 3 unspecified atom stereocenters. The molecule has 2 aliphatic carbocycles.